The van der Waals surface area contributed by atoms with Crippen LogP contribution < -0.4 is 10.9 Å². The number of rotatable bonds is 7. The molecule has 0 radical (unpaired) electrons. The van der Waals surface area contributed by atoms with Crippen molar-refractivity contribution in [3.8, 4) is 0 Å². The monoisotopic (exact) mass is 535 g/mol. The summed E-state index contributed by atoms with van der Waals surface area (Å²) in [5, 5.41) is 2.76. The number of carbonyl (C=O) groups excluding carboxylic acids is 2. The number of pyridine rings is 1. The van der Waals surface area contributed by atoms with Gasteiger partial charge < -0.3 is 14.8 Å². The van der Waals surface area contributed by atoms with Crippen molar-refractivity contribution in [1.82, 2.24) is 14.8 Å². The maximum atomic E-state index is 13.1. The van der Waals surface area contributed by atoms with Crippen LogP contribution in [0, 0.1) is 6.92 Å². The lowest BCUT2D eigenvalue weighted by atomic mass is 10.1. The Morgan fingerprint density at radius 3 is 2.42 bits per heavy atom. The van der Waals surface area contributed by atoms with Gasteiger partial charge in [0, 0.05) is 36.9 Å². The number of fused-ring (bicyclic) bond motifs is 1. The highest BCUT2D eigenvalue weighted by molar-refractivity contribution is 9.10. The molecule has 1 aliphatic heterocycles. The zero-order valence-electron chi connectivity index (χ0n) is 18.6. The highest BCUT2D eigenvalue weighted by Crippen LogP contribution is 2.46. The van der Waals surface area contributed by atoms with Gasteiger partial charge in [-0.25, -0.2) is 8.42 Å². The molecule has 2 aliphatic rings. The van der Waals surface area contributed by atoms with Gasteiger partial charge in [-0.1, -0.05) is 29.8 Å². The first-order chi connectivity index (χ1) is 15.5. The van der Waals surface area contributed by atoms with E-state index in [1.165, 1.54) is 16.9 Å². The second kappa shape index (κ2) is 8.72. The Morgan fingerprint density at radius 2 is 1.82 bits per heavy atom. The zero-order chi connectivity index (χ0) is 24.0. The van der Waals surface area contributed by atoms with Crippen LogP contribution in [0.25, 0.3) is 0 Å². The van der Waals surface area contributed by atoms with Gasteiger partial charge in [0.2, 0.25) is 0 Å². The molecule has 1 aromatic carbocycles. The Kier molecular flexibility index (Phi) is 6.26. The predicted molar refractivity (Wildman–Crippen MR) is 128 cm³/mol. The number of carbonyl (C=O) groups is 2. The van der Waals surface area contributed by atoms with E-state index in [1.54, 1.807) is 4.90 Å². The summed E-state index contributed by atoms with van der Waals surface area (Å²) in [5.74, 6) is -0.851. The van der Waals surface area contributed by atoms with E-state index in [1.807, 2.05) is 31.2 Å². The molecular formula is C23H26BrN3O5S. The van der Waals surface area contributed by atoms with Crippen LogP contribution >= 0.6 is 15.9 Å². The van der Waals surface area contributed by atoms with Crippen molar-refractivity contribution >= 4 is 37.6 Å². The van der Waals surface area contributed by atoms with Crippen molar-refractivity contribution in [1.29, 1.82) is 0 Å². The van der Waals surface area contributed by atoms with E-state index in [4.69, 9.17) is 0 Å². The number of nitrogens with zero attached hydrogens (tertiary/aromatic N) is 2. The number of hydrogen-bond acceptors (Lipinski definition) is 5. The minimum atomic E-state index is -3.17. The lowest BCUT2D eigenvalue weighted by Crippen LogP contribution is -2.47. The van der Waals surface area contributed by atoms with Crippen LogP contribution in [0.1, 0.15) is 51.2 Å². The van der Waals surface area contributed by atoms with Crippen molar-refractivity contribution < 1.29 is 18.0 Å². The molecule has 33 heavy (non-hydrogen) atoms. The number of benzene rings is 1. The standard InChI is InChI=1S/C23H26BrN3O5S/c1-15-3-5-16(6-4-15)14-25-20(28)17-13-18(24)19-22(30)26(11-12-27(19)21(17)29)10-9-23(7-8-23)33(2,31)32/h3-6,13H,7-12,14H2,1-2H3,(H,25,28). The number of hydrogen-bond donors (Lipinski definition) is 1. The molecular weight excluding hydrogens is 510 g/mol. The summed E-state index contributed by atoms with van der Waals surface area (Å²) < 4.78 is 25.0. The molecule has 2 amide bonds. The van der Waals surface area contributed by atoms with Gasteiger partial charge in [0.25, 0.3) is 17.4 Å². The van der Waals surface area contributed by atoms with Gasteiger partial charge >= 0.3 is 0 Å². The van der Waals surface area contributed by atoms with Crippen molar-refractivity contribution in [3.63, 3.8) is 0 Å². The van der Waals surface area contributed by atoms with E-state index < -0.39 is 26.1 Å². The van der Waals surface area contributed by atoms with Crippen LogP contribution in [0.3, 0.4) is 0 Å². The van der Waals surface area contributed by atoms with Crippen LogP contribution in [-0.2, 0) is 22.9 Å². The Morgan fingerprint density at radius 1 is 1.15 bits per heavy atom. The van der Waals surface area contributed by atoms with Gasteiger partial charge in [0.05, 0.1) is 4.75 Å². The molecule has 1 saturated carbocycles. The van der Waals surface area contributed by atoms with Crippen molar-refractivity contribution in [2.75, 3.05) is 19.3 Å². The Bertz CT molecular complexity index is 1280. The smallest absolute Gasteiger partial charge is 0.271 e. The summed E-state index contributed by atoms with van der Waals surface area (Å²) in [6.07, 6.45) is 2.87. The molecule has 1 N–H and O–H groups in total. The topological polar surface area (TPSA) is 106 Å². The van der Waals surface area contributed by atoms with E-state index in [0.717, 1.165) is 11.1 Å². The molecule has 10 heteroatoms. The van der Waals surface area contributed by atoms with Gasteiger partial charge in [-0.05, 0) is 53.7 Å². The third-order valence-corrected chi connectivity index (χ3v) is 9.37. The number of halogens is 1. The van der Waals surface area contributed by atoms with E-state index in [-0.39, 0.29) is 36.8 Å². The fourth-order valence-corrected chi connectivity index (χ4v) is 6.10. The third-order valence-electron chi connectivity index (χ3n) is 6.58. The molecule has 8 nitrogen and oxygen atoms in total. The van der Waals surface area contributed by atoms with Crippen LogP contribution in [-0.4, -0.2) is 53.8 Å². The summed E-state index contributed by atoms with van der Waals surface area (Å²) in [4.78, 5) is 40.4. The normalized spacial score (nSPS) is 16.9. The largest absolute Gasteiger partial charge is 0.348 e. The molecule has 1 fully saturated rings. The summed E-state index contributed by atoms with van der Waals surface area (Å²) in [7, 11) is -3.17. The van der Waals surface area contributed by atoms with Gasteiger partial charge in [-0.3, -0.25) is 14.4 Å². The molecule has 1 aliphatic carbocycles. The third kappa shape index (κ3) is 4.63. The zero-order valence-corrected chi connectivity index (χ0v) is 21.0. The van der Waals surface area contributed by atoms with Gasteiger partial charge in [0.1, 0.15) is 11.3 Å². The summed E-state index contributed by atoms with van der Waals surface area (Å²) in [6.45, 7) is 3.10. The number of nitrogens with one attached hydrogen (secondary N) is 1. The first-order valence-corrected chi connectivity index (χ1v) is 13.5. The first-order valence-electron chi connectivity index (χ1n) is 10.8. The Labute approximate surface area is 201 Å². The van der Waals surface area contributed by atoms with Gasteiger partial charge in [-0.15, -0.1) is 0 Å². The van der Waals surface area contributed by atoms with Gasteiger partial charge in [0.15, 0.2) is 9.84 Å². The summed E-state index contributed by atoms with van der Waals surface area (Å²) >= 11 is 3.36. The molecule has 4 rings (SSSR count). The molecule has 0 atom stereocenters. The second-order valence-corrected chi connectivity index (χ2v) is 12.1. The quantitative estimate of drug-likeness (QED) is 0.585. The minimum absolute atomic E-state index is 0.0343. The molecule has 2 heterocycles. The lowest BCUT2D eigenvalue weighted by molar-refractivity contribution is 0.0693. The molecule has 176 valence electrons. The summed E-state index contributed by atoms with van der Waals surface area (Å²) in [5.41, 5.74) is 1.67. The SMILES string of the molecule is Cc1ccc(CNC(=O)c2cc(Br)c3n(c2=O)CCN(CCC2(S(C)(=O)=O)CC2)C3=O)cc1. The molecule has 1 aromatic heterocycles. The van der Waals surface area contributed by atoms with E-state index >= 15 is 0 Å². The number of amides is 2. The van der Waals surface area contributed by atoms with Crippen LogP contribution in [0.2, 0.25) is 0 Å². The number of aryl methyl sites for hydroxylation is 1. The minimum Gasteiger partial charge on any atom is -0.348 e. The number of sulfone groups is 1. The first kappa shape index (κ1) is 23.7. The maximum Gasteiger partial charge on any atom is 0.271 e. The fraction of sp³-hybridized carbons (Fsp3) is 0.435. The Hall–Kier alpha value is -2.46. The van der Waals surface area contributed by atoms with Crippen molar-refractivity contribution in [3.05, 3.63) is 67.5 Å². The number of aromatic nitrogens is 1. The summed E-state index contributed by atoms with van der Waals surface area (Å²) in [6, 6.07) is 9.11. The lowest BCUT2D eigenvalue weighted by Gasteiger charge is -2.31. The highest BCUT2D eigenvalue weighted by Gasteiger charge is 2.51. The highest BCUT2D eigenvalue weighted by atomic mass is 79.9. The van der Waals surface area contributed by atoms with Crippen LogP contribution in [0.15, 0.2) is 39.6 Å². The van der Waals surface area contributed by atoms with Crippen molar-refractivity contribution in [2.24, 2.45) is 0 Å². The Balaban J connectivity index is 1.50. The average Bonchev–Trinajstić information content (AvgIpc) is 3.56. The molecule has 0 unspecified atom stereocenters. The van der Waals surface area contributed by atoms with E-state index in [9.17, 15) is 22.8 Å². The van der Waals surface area contributed by atoms with Crippen molar-refractivity contribution in [2.45, 2.75) is 44.0 Å². The molecule has 2 aromatic rings. The second-order valence-electron chi connectivity index (χ2n) is 8.88. The fourth-order valence-electron chi connectivity index (χ4n) is 4.18. The predicted octanol–water partition coefficient (Wildman–Crippen LogP) is 2.27. The van der Waals surface area contributed by atoms with Gasteiger partial charge in [-0.2, -0.15) is 0 Å². The van der Waals surface area contributed by atoms with Crippen LogP contribution in [0.4, 0.5) is 0 Å². The van der Waals surface area contributed by atoms with Crippen LogP contribution in [0.5, 0.6) is 0 Å². The molecule has 0 bridgehead atoms. The van der Waals surface area contributed by atoms with E-state index in [0.29, 0.717) is 30.3 Å². The average molecular weight is 536 g/mol. The molecule has 0 spiro atoms. The molecule has 0 saturated heterocycles. The maximum absolute atomic E-state index is 13.1. The van der Waals surface area contributed by atoms with E-state index in [2.05, 4.69) is 21.2 Å².